The standard InChI is InChI=1S/C27H32N2O6S/c1-26-12-3-6-17-35-25(33)21(26)20-23(31)29(14-4-5-16-30)22-24(32)28(15-7-13-27(20,22)36-26)18-8-10-19(34-2)11-9-18/h3,7-13,20-22,30H,4-6,14-17H2,1-2H3/t20-,21+,22?,26-,27-/m0/s1. The summed E-state index contributed by atoms with van der Waals surface area (Å²) >= 11 is 1.54. The van der Waals surface area contributed by atoms with Crippen molar-refractivity contribution in [1.82, 2.24) is 4.90 Å². The number of unbranched alkanes of at least 4 members (excludes halogenated alkanes) is 1. The van der Waals surface area contributed by atoms with Crippen LogP contribution in [0, 0.1) is 11.8 Å². The first-order valence-electron chi connectivity index (χ1n) is 12.5. The number of likely N-dealkylation sites (tertiary alicyclic amines) is 1. The second-order valence-corrected chi connectivity index (χ2v) is 11.7. The number of thioether (sulfide) groups is 1. The van der Waals surface area contributed by atoms with E-state index >= 15 is 0 Å². The third kappa shape index (κ3) is 3.84. The maximum absolute atomic E-state index is 14.3. The van der Waals surface area contributed by atoms with Crippen molar-refractivity contribution in [2.24, 2.45) is 11.8 Å². The first-order chi connectivity index (χ1) is 17.4. The van der Waals surface area contributed by atoms with Gasteiger partial charge in [-0.2, -0.15) is 0 Å². The van der Waals surface area contributed by atoms with Gasteiger partial charge in [0.15, 0.2) is 0 Å². The summed E-state index contributed by atoms with van der Waals surface area (Å²) < 4.78 is 9.26. The normalized spacial score (nSPS) is 33.4. The third-order valence-corrected chi connectivity index (χ3v) is 9.51. The Morgan fingerprint density at radius 3 is 2.58 bits per heavy atom. The number of rotatable bonds is 6. The SMILES string of the molecule is COc1ccc(N2CC=C[C@]34S[C@@]5(C)C=CCCOC(=O)[C@H]5[C@H]3C(=O)N(CCCCO)C4C2=O)cc1. The summed E-state index contributed by atoms with van der Waals surface area (Å²) in [7, 11) is 1.59. The van der Waals surface area contributed by atoms with Gasteiger partial charge in [0, 0.05) is 30.1 Å². The Hall–Kier alpha value is -2.78. The van der Waals surface area contributed by atoms with Crippen LogP contribution in [0.5, 0.6) is 5.75 Å². The minimum absolute atomic E-state index is 0.0135. The molecule has 4 aliphatic heterocycles. The lowest BCUT2D eigenvalue weighted by atomic mass is 9.74. The molecule has 5 rings (SSSR count). The molecule has 2 amide bonds. The molecule has 8 nitrogen and oxygen atoms in total. The number of ether oxygens (including phenoxy) is 2. The quantitative estimate of drug-likeness (QED) is 0.356. The first kappa shape index (κ1) is 24.9. The van der Waals surface area contributed by atoms with Crippen molar-refractivity contribution in [3.8, 4) is 5.75 Å². The zero-order valence-corrected chi connectivity index (χ0v) is 21.4. The summed E-state index contributed by atoms with van der Waals surface area (Å²) in [6, 6.07) is 6.52. The van der Waals surface area contributed by atoms with E-state index in [2.05, 4.69) is 0 Å². The average molecular weight is 513 g/mol. The first-order valence-corrected chi connectivity index (χ1v) is 13.3. The number of amides is 2. The van der Waals surface area contributed by atoms with Gasteiger partial charge in [-0.1, -0.05) is 24.3 Å². The second kappa shape index (κ2) is 9.59. The molecular weight excluding hydrogens is 480 g/mol. The second-order valence-electron chi connectivity index (χ2n) is 9.87. The highest BCUT2D eigenvalue weighted by Crippen LogP contribution is 2.65. The van der Waals surface area contributed by atoms with E-state index in [-0.39, 0.29) is 31.0 Å². The fourth-order valence-corrected chi connectivity index (χ4v) is 8.27. The summed E-state index contributed by atoms with van der Waals surface area (Å²) in [4.78, 5) is 45.0. The topological polar surface area (TPSA) is 96.4 Å². The van der Waals surface area contributed by atoms with Gasteiger partial charge in [0.2, 0.25) is 5.91 Å². The molecule has 0 saturated carbocycles. The van der Waals surface area contributed by atoms with E-state index in [9.17, 15) is 19.5 Å². The number of anilines is 1. The molecule has 1 aromatic carbocycles. The molecule has 2 fully saturated rings. The van der Waals surface area contributed by atoms with E-state index in [0.29, 0.717) is 43.8 Å². The maximum atomic E-state index is 14.3. The minimum Gasteiger partial charge on any atom is -0.497 e. The molecule has 0 aliphatic carbocycles. The number of aliphatic hydroxyl groups is 1. The third-order valence-electron chi connectivity index (χ3n) is 7.71. The van der Waals surface area contributed by atoms with Crippen molar-refractivity contribution in [2.45, 2.75) is 41.7 Å². The van der Waals surface area contributed by atoms with Crippen LogP contribution in [-0.2, 0) is 19.1 Å². The number of aliphatic hydroxyl groups excluding tert-OH is 1. The van der Waals surface area contributed by atoms with Crippen LogP contribution in [0.1, 0.15) is 26.2 Å². The number of cyclic esters (lactones) is 1. The Labute approximate surface area is 215 Å². The van der Waals surface area contributed by atoms with Crippen LogP contribution in [0.25, 0.3) is 0 Å². The number of nitrogens with zero attached hydrogens (tertiary/aromatic N) is 2. The lowest BCUT2D eigenvalue weighted by molar-refractivity contribution is -0.154. The van der Waals surface area contributed by atoms with Crippen LogP contribution in [0.15, 0.2) is 48.6 Å². The molecule has 0 bridgehead atoms. The molecule has 5 atom stereocenters. The van der Waals surface area contributed by atoms with Crippen molar-refractivity contribution < 1.29 is 29.0 Å². The van der Waals surface area contributed by atoms with Gasteiger partial charge in [-0.25, -0.2) is 0 Å². The number of esters is 1. The zero-order chi connectivity index (χ0) is 25.5. The number of carbonyl (C=O) groups excluding carboxylic acids is 3. The van der Waals surface area contributed by atoms with E-state index in [0.717, 1.165) is 0 Å². The molecule has 0 aromatic heterocycles. The van der Waals surface area contributed by atoms with Crippen molar-refractivity contribution >= 4 is 35.2 Å². The van der Waals surface area contributed by atoms with Crippen molar-refractivity contribution in [3.63, 3.8) is 0 Å². The highest BCUT2D eigenvalue weighted by atomic mass is 32.2. The monoisotopic (exact) mass is 512 g/mol. The fraction of sp³-hybridized carbons (Fsp3) is 0.519. The van der Waals surface area contributed by atoms with E-state index in [1.807, 2.05) is 55.5 Å². The molecule has 192 valence electrons. The van der Waals surface area contributed by atoms with E-state index in [1.54, 1.807) is 16.9 Å². The van der Waals surface area contributed by atoms with Gasteiger partial charge in [0.1, 0.15) is 11.8 Å². The predicted octanol–water partition coefficient (Wildman–Crippen LogP) is 2.56. The number of benzene rings is 1. The summed E-state index contributed by atoms with van der Waals surface area (Å²) in [5, 5.41) is 9.34. The van der Waals surface area contributed by atoms with Crippen LogP contribution in [0.2, 0.25) is 0 Å². The predicted molar refractivity (Wildman–Crippen MR) is 137 cm³/mol. The smallest absolute Gasteiger partial charge is 0.311 e. The molecule has 4 aliphatic rings. The van der Waals surface area contributed by atoms with E-state index < -0.39 is 27.4 Å². The van der Waals surface area contributed by atoms with Gasteiger partial charge in [0.25, 0.3) is 5.91 Å². The molecule has 0 radical (unpaired) electrons. The molecule has 36 heavy (non-hydrogen) atoms. The molecule has 2 saturated heterocycles. The van der Waals surface area contributed by atoms with Gasteiger partial charge >= 0.3 is 5.97 Å². The van der Waals surface area contributed by atoms with E-state index in [1.165, 1.54) is 11.8 Å². The average Bonchev–Trinajstić information content (AvgIpc) is 3.18. The summed E-state index contributed by atoms with van der Waals surface area (Å²) in [5.74, 6) is -1.46. The Bertz CT molecular complexity index is 1100. The fourth-order valence-electron chi connectivity index (χ4n) is 6.12. The maximum Gasteiger partial charge on any atom is 0.311 e. The number of fused-ring (bicyclic) bond motifs is 2. The number of methoxy groups -OCH3 is 1. The van der Waals surface area contributed by atoms with Crippen LogP contribution in [0.4, 0.5) is 5.69 Å². The van der Waals surface area contributed by atoms with Gasteiger partial charge in [-0.05, 0) is 50.5 Å². The number of hydrogen-bond acceptors (Lipinski definition) is 7. The van der Waals surface area contributed by atoms with Crippen molar-refractivity contribution in [2.75, 3.05) is 38.3 Å². The molecule has 1 aromatic rings. The Kier molecular flexibility index (Phi) is 6.63. The minimum atomic E-state index is -0.901. The van der Waals surface area contributed by atoms with Crippen molar-refractivity contribution in [1.29, 1.82) is 0 Å². The van der Waals surface area contributed by atoms with Crippen molar-refractivity contribution in [3.05, 3.63) is 48.6 Å². The van der Waals surface area contributed by atoms with E-state index in [4.69, 9.17) is 9.47 Å². The summed E-state index contributed by atoms with van der Waals surface area (Å²) in [6.45, 7) is 2.97. The van der Waals surface area contributed by atoms with Gasteiger partial charge in [-0.15, -0.1) is 11.8 Å². The van der Waals surface area contributed by atoms with Gasteiger partial charge in [0.05, 0.1) is 30.3 Å². The van der Waals surface area contributed by atoms with Crippen LogP contribution >= 0.6 is 11.8 Å². The molecule has 4 heterocycles. The van der Waals surface area contributed by atoms with Crippen LogP contribution in [0.3, 0.4) is 0 Å². The largest absolute Gasteiger partial charge is 0.497 e. The summed E-state index contributed by atoms with van der Waals surface area (Å²) in [5.41, 5.74) is 0.716. The zero-order valence-electron chi connectivity index (χ0n) is 20.6. The molecule has 1 spiro atoms. The molecule has 1 unspecified atom stereocenters. The summed E-state index contributed by atoms with van der Waals surface area (Å²) in [6.07, 6.45) is 9.70. The van der Waals surface area contributed by atoms with Crippen LogP contribution < -0.4 is 9.64 Å². The van der Waals surface area contributed by atoms with Gasteiger partial charge in [-0.3, -0.25) is 14.4 Å². The number of carbonyl (C=O) groups is 3. The molecular formula is C27H32N2O6S. The molecule has 9 heteroatoms. The van der Waals surface area contributed by atoms with Gasteiger partial charge < -0.3 is 24.4 Å². The Balaban J connectivity index is 1.60. The highest BCUT2D eigenvalue weighted by Gasteiger charge is 2.73. The molecule has 1 N–H and O–H groups in total. The lowest BCUT2D eigenvalue weighted by Crippen LogP contribution is -2.53. The Morgan fingerprint density at radius 1 is 1.08 bits per heavy atom. The van der Waals surface area contributed by atoms with Crippen LogP contribution in [-0.4, -0.2) is 76.7 Å². The Morgan fingerprint density at radius 2 is 1.86 bits per heavy atom. The number of hydrogen-bond donors (Lipinski definition) is 1. The lowest BCUT2D eigenvalue weighted by Gasteiger charge is -2.37. The highest BCUT2D eigenvalue weighted by molar-refractivity contribution is 8.02.